The second-order valence-corrected chi connectivity index (χ2v) is 8.58. The van der Waals surface area contributed by atoms with Gasteiger partial charge in [-0.1, -0.05) is 29.5 Å². The Kier molecular flexibility index (Phi) is 3.70. The maximum absolute atomic E-state index is 2.81. The van der Waals surface area contributed by atoms with Gasteiger partial charge in [-0.2, -0.15) is 0 Å². The zero-order valence-electron chi connectivity index (χ0n) is 11.0. The molecule has 0 aromatic carbocycles. The minimum Gasteiger partial charge on any atom is -0.303 e. The van der Waals surface area contributed by atoms with Crippen LogP contribution in [0.3, 0.4) is 0 Å². The molecule has 2 atom stereocenters. The third-order valence-corrected chi connectivity index (χ3v) is 7.12. The van der Waals surface area contributed by atoms with E-state index in [9.17, 15) is 0 Å². The van der Waals surface area contributed by atoms with Gasteiger partial charge in [-0.25, -0.2) is 0 Å². The van der Waals surface area contributed by atoms with E-state index in [2.05, 4.69) is 39.3 Å². The lowest BCUT2D eigenvalue weighted by Gasteiger charge is -2.53. The summed E-state index contributed by atoms with van der Waals surface area (Å²) >= 11 is 2.81. The van der Waals surface area contributed by atoms with Gasteiger partial charge in [0.2, 0.25) is 0 Å². The number of nitrogens with zero attached hydrogens (tertiary/aromatic N) is 2. The number of alkyl halides is 1. The van der Waals surface area contributed by atoms with Crippen molar-refractivity contribution >= 4 is 22.6 Å². The van der Waals surface area contributed by atoms with Crippen LogP contribution in [-0.2, 0) is 0 Å². The zero-order valence-corrected chi connectivity index (χ0v) is 13.2. The molecular formula is C14H25IN2. The lowest BCUT2D eigenvalue weighted by molar-refractivity contribution is 0.0442. The maximum atomic E-state index is 2.81. The van der Waals surface area contributed by atoms with E-state index in [4.69, 9.17) is 0 Å². The number of piperidine rings is 3. The Hall–Kier alpha value is 0.650. The van der Waals surface area contributed by atoms with Crippen LogP contribution < -0.4 is 0 Å². The van der Waals surface area contributed by atoms with E-state index in [1.165, 1.54) is 65.0 Å². The van der Waals surface area contributed by atoms with Gasteiger partial charge in [0.15, 0.2) is 0 Å². The number of hydrogen-bond acceptors (Lipinski definition) is 2. The SMILES string of the molecule is CC(CN1CCCC1)C1CN2CCC1(I)CC2. The van der Waals surface area contributed by atoms with Crippen molar-refractivity contribution in [2.75, 3.05) is 39.3 Å². The minimum atomic E-state index is 0.631. The molecule has 0 aromatic heterocycles. The average Bonchev–Trinajstić information content (AvgIpc) is 2.82. The quantitative estimate of drug-likeness (QED) is 0.572. The third kappa shape index (κ3) is 2.52. The fourth-order valence-corrected chi connectivity index (χ4v) is 5.40. The Morgan fingerprint density at radius 2 is 1.82 bits per heavy atom. The molecule has 0 aromatic rings. The van der Waals surface area contributed by atoms with Crippen molar-refractivity contribution < 1.29 is 0 Å². The van der Waals surface area contributed by atoms with Gasteiger partial charge >= 0.3 is 0 Å². The number of halogens is 1. The second kappa shape index (κ2) is 4.97. The number of rotatable bonds is 3. The van der Waals surface area contributed by atoms with Crippen LogP contribution in [0.25, 0.3) is 0 Å². The molecule has 0 amide bonds. The van der Waals surface area contributed by atoms with Crippen LogP contribution in [0, 0.1) is 11.8 Å². The zero-order chi connectivity index (χ0) is 11.9. The van der Waals surface area contributed by atoms with Gasteiger partial charge in [0.05, 0.1) is 0 Å². The Labute approximate surface area is 119 Å². The van der Waals surface area contributed by atoms with Gasteiger partial charge in [0, 0.05) is 16.5 Å². The minimum absolute atomic E-state index is 0.631. The monoisotopic (exact) mass is 348 g/mol. The summed E-state index contributed by atoms with van der Waals surface area (Å²) < 4.78 is 0.631. The number of fused-ring (bicyclic) bond motifs is 3. The van der Waals surface area contributed by atoms with E-state index in [1.807, 2.05) is 0 Å². The molecule has 17 heavy (non-hydrogen) atoms. The van der Waals surface area contributed by atoms with Crippen molar-refractivity contribution in [2.45, 2.75) is 36.0 Å². The summed E-state index contributed by atoms with van der Waals surface area (Å²) in [5.41, 5.74) is 0. The summed E-state index contributed by atoms with van der Waals surface area (Å²) in [7, 11) is 0. The Balaban J connectivity index is 1.62. The molecule has 0 spiro atoms. The van der Waals surface area contributed by atoms with E-state index in [1.54, 1.807) is 0 Å². The first-order chi connectivity index (χ1) is 8.17. The van der Waals surface area contributed by atoms with Crippen molar-refractivity contribution in [1.29, 1.82) is 0 Å². The van der Waals surface area contributed by atoms with E-state index < -0.39 is 0 Å². The highest BCUT2D eigenvalue weighted by Gasteiger charge is 2.47. The standard InChI is InChI=1S/C14H25IN2/c1-12(10-16-6-2-3-7-16)13-11-17-8-4-14(13,15)5-9-17/h12-13H,2-11H2,1H3. The lowest BCUT2D eigenvalue weighted by Crippen LogP contribution is -2.58. The van der Waals surface area contributed by atoms with Crippen molar-refractivity contribution in [2.24, 2.45) is 11.8 Å². The fourth-order valence-electron chi connectivity index (χ4n) is 4.11. The number of likely N-dealkylation sites (tertiary alicyclic amines) is 1. The van der Waals surface area contributed by atoms with Crippen molar-refractivity contribution in [3.63, 3.8) is 0 Å². The van der Waals surface area contributed by atoms with E-state index >= 15 is 0 Å². The molecule has 0 N–H and O–H groups in total. The van der Waals surface area contributed by atoms with E-state index in [-0.39, 0.29) is 0 Å². The largest absolute Gasteiger partial charge is 0.303 e. The molecule has 4 aliphatic heterocycles. The molecule has 0 aliphatic carbocycles. The molecule has 0 radical (unpaired) electrons. The van der Waals surface area contributed by atoms with E-state index in [0.29, 0.717) is 3.42 Å². The molecule has 3 heteroatoms. The van der Waals surface area contributed by atoms with Crippen LogP contribution in [0.5, 0.6) is 0 Å². The Morgan fingerprint density at radius 1 is 1.18 bits per heavy atom. The molecule has 4 rings (SSSR count). The van der Waals surface area contributed by atoms with Gasteiger partial charge in [0.25, 0.3) is 0 Å². The first kappa shape index (κ1) is 12.7. The summed E-state index contributed by atoms with van der Waals surface area (Å²) in [4.78, 5) is 5.40. The van der Waals surface area contributed by atoms with Gasteiger partial charge in [-0.05, 0) is 63.7 Å². The summed E-state index contributed by atoms with van der Waals surface area (Å²) in [5.74, 6) is 1.82. The predicted molar refractivity (Wildman–Crippen MR) is 80.8 cm³/mol. The van der Waals surface area contributed by atoms with Crippen LogP contribution in [0.1, 0.15) is 32.6 Å². The first-order valence-electron chi connectivity index (χ1n) is 7.31. The molecule has 4 saturated heterocycles. The van der Waals surface area contributed by atoms with Gasteiger partial charge < -0.3 is 9.80 Å². The van der Waals surface area contributed by atoms with Crippen LogP contribution in [-0.4, -0.2) is 52.5 Å². The smallest absolute Gasteiger partial charge is 0.0290 e. The molecule has 2 nitrogen and oxygen atoms in total. The highest BCUT2D eigenvalue weighted by Crippen LogP contribution is 2.47. The average molecular weight is 348 g/mol. The van der Waals surface area contributed by atoms with E-state index in [0.717, 1.165) is 11.8 Å². The van der Waals surface area contributed by atoms with Crippen molar-refractivity contribution in [1.82, 2.24) is 9.80 Å². The van der Waals surface area contributed by atoms with Crippen LogP contribution >= 0.6 is 22.6 Å². The summed E-state index contributed by atoms with van der Waals surface area (Å²) in [6.45, 7) is 10.7. The van der Waals surface area contributed by atoms with Crippen LogP contribution in [0.4, 0.5) is 0 Å². The maximum Gasteiger partial charge on any atom is 0.0290 e. The van der Waals surface area contributed by atoms with Gasteiger partial charge in [-0.15, -0.1) is 0 Å². The predicted octanol–water partition coefficient (Wildman–Crippen LogP) is 2.62. The molecule has 2 bridgehead atoms. The Bertz CT molecular complexity index is 267. The molecule has 4 aliphatic rings. The summed E-state index contributed by atoms with van der Waals surface area (Å²) in [6, 6.07) is 0. The van der Waals surface area contributed by atoms with Crippen molar-refractivity contribution in [3.05, 3.63) is 0 Å². The molecular weight excluding hydrogens is 323 g/mol. The molecule has 4 heterocycles. The Morgan fingerprint density at radius 3 is 2.41 bits per heavy atom. The molecule has 4 fully saturated rings. The van der Waals surface area contributed by atoms with Crippen LogP contribution in [0.15, 0.2) is 0 Å². The molecule has 98 valence electrons. The normalized spacial score (nSPS) is 44.1. The fraction of sp³-hybridized carbons (Fsp3) is 1.00. The topological polar surface area (TPSA) is 6.48 Å². The molecule has 0 saturated carbocycles. The molecule has 2 unspecified atom stereocenters. The van der Waals surface area contributed by atoms with Gasteiger partial charge in [-0.3, -0.25) is 0 Å². The van der Waals surface area contributed by atoms with Gasteiger partial charge in [0.1, 0.15) is 0 Å². The summed E-state index contributed by atoms with van der Waals surface area (Å²) in [6.07, 6.45) is 5.73. The number of hydrogen-bond donors (Lipinski definition) is 0. The third-order valence-electron chi connectivity index (χ3n) is 5.24. The highest BCUT2D eigenvalue weighted by molar-refractivity contribution is 14.1. The first-order valence-corrected chi connectivity index (χ1v) is 8.39. The lowest BCUT2D eigenvalue weighted by atomic mass is 9.73. The highest BCUT2D eigenvalue weighted by atomic mass is 127. The van der Waals surface area contributed by atoms with Crippen LogP contribution in [0.2, 0.25) is 0 Å². The van der Waals surface area contributed by atoms with Crippen molar-refractivity contribution in [3.8, 4) is 0 Å². The second-order valence-electron chi connectivity index (χ2n) is 6.43. The summed E-state index contributed by atoms with van der Waals surface area (Å²) in [5, 5.41) is 0.